The van der Waals surface area contributed by atoms with E-state index >= 15 is 0 Å². The van der Waals surface area contributed by atoms with E-state index in [1.807, 2.05) is 30.8 Å². The Hall–Kier alpha value is -1.75. The molecule has 0 amide bonds. The van der Waals surface area contributed by atoms with Crippen LogP contribution < -0.4 is 4.90 Å². The van der Waals surface area contributed by atoms with Crippen LogP contribution in [-0.2, 0) is 6.54 Å². The fraction of sp³-hybridized carbons (Fsp3) is 0.400. The van der Waals surface area contributed by atoms with E-state index in [-0.39, 0.29) is 0 Å². The molecule has 0 aliphatic heterocycles. The van der Waals surface area contributed by atoms with Gasteiger partial charge < -0.3 is 4.90 Å². The first-order valence-electron chi connectivity index (χ1n) is 6.71. The van der Waals surface area contributed by atoms with Crippen LogP contribution in [0, 0.1) is 6.92 Å². The van der Waals surface area contributed by atoms with Crippen molar-refractivity contribution in [3.8, 4) is 0 Å². The van der Waals surface area contributed by atoms with E-state index < -0.39 is 0 Å². The lowest BCUT2D eigenvalue weighted by Crippen LogP contribution is -2.25. The van der Waals surface area contributed by atoms with Gasteiger partial charge in [-0.2, -0.15) is 0 Å². The quantitative estimate of drug-likeness (QED) is 0.762. The first-order valence-corrected chi connectivity index (χ1v) is 7.59. The van der Waals surface area contributed by atoms with Gasteiger partial charge in [-0.15, -0.1) is 11.3 Å². The van der Waals surface area contributed by atoms with Crippen molar-refractivity contribution in [1.29, 1.82) is 0 Å². The molecule has 106 valence electrons. The van der Waals surface area contributed by atoms with Crippen molar-refractivity contribution < 1.29 is 0 Å². The molecule has 0 saturated carbocycles. The van der Waals surface area contributed by atoms with Crippen LogP contribution >= 0.6 is 11.3 Å². The summed E-state index contributed by atoms with van der Waals surface area (Å²) in [5.41, 5.74) is 2.32. The van der Waals surface area contributed by atoms with Crippen molar-refractivity contribution >= 4 is 17.3 Å². The van der Waals surface area contributed by atoms with Crippen LogP contribution in [0.3, 0.4) is 0 Å². The molecule has 20 heavy (non-hydrogen) atoms. The number of thiazole rings is 1. The second-order valence-corrected chi connectivity index (χ2v) is 5.89. The van der Waals surface area contributed by atoms with Gasteiger partial charge in [0.2, 0.25) is 5.95 Å². The third kappa shape index (κ3) is 4.42. The van der Waals surface area contributed by atoms with E-state index in [4.69, 9.17) is 0 Å². The highest BCUT2D eigenvalue weighted by Gasteiger charge is 2.11. The van der Waals surface area contributed by atoms with Crippen LogP contribution in [0.25, 0.3) is 0 Å². The van der Waals surface area contributed by atoms with E-state index in [1.165, 1.54) is 5.57 Å². The monoisotopic (exact) mass is 288 g/mol. The maximum absolute atomic E-state index is 4.52. The summed E-state index contributed by atoms with van der Waals surface area (Å²) in [5, 5.41) is 3.09. The number of aromatic nitrogens is 3. The Morgan fingerprint density at radius 1 is 1.30 bits per heavy atom. The zero-order valence-electron chi connectivity index (χ0n) is 12.2. The Labute approximate surface area is 124 Å². The Morgan fingerprint density at radius 2 is 2.15 bits per heavy atom. The second kappa shape index (κ2) is 7.14. The Morgan fingerprint density at radius 3 is 2.80 bits per heavy atom. The first-order chi connectivity index (χ1) is 9.65. The molecule has 2 heterocycles. The molecule has 0 saturated heterocycles. The SMILES string of the molecule is CC(C)=CCCN(Cc1nccs1)c1nccc(C)n1. The summed E-state index contributed by atoms with van der Waals surface area (Å²) >= 11 is 1.67. The van der Waals surface area contributed by atoms with Gasteiger partial charge in [0.25, 0.3) is 0 Å². The van der Waals surface area contributed by atoms with Crippen molar-refractivity contribution in [2.75, 3.05) is 11.4 Å². The maximum Gasteiger partial charge on any atom is 0.225 e. The zero-order valence-corrected chi connectivity index (χ0v) is 13.0. The summed E-state index contributed by atoms with van der Waals surface area (Å²) in [4.78, 5) is 15.5. The molecule has 5 heteroatoms. The van der Waals surface area contributed by atoms with Crippen LogP contribution in [0.1, 0.15) is 31.0 Å². The molecular formula is C15H20N4S. The molecule has 0 radical (unpaired) electrons. The van der Waals surface area contributed by atoms with Crippen LogP contribution in [0.5, 0.6) is 0 Å². The summed E-state index contributed by atoms with van der Waals surface area (Å²) in [6.07, 6.45) is 6.88. The predicted molar refractivity (Wildman–Crippen MR) is 84.0 cm³/mol. The highest BCUT2D eigenvalue weighted by atomic mass is 32.1. The summed E-state index contributed by atoms with van der Waals surface area (Å²) in [7, 11) is 0. The molecule has 0 aliphatic rings. The van der Waals surface area contributed by atoms with E-state index in [9.17, 15) is 0 Å². The maximum atomic E-state index is 4.52. The van der Waals surface area contributed by atoms with Gasteiger partial charge in [0.05, 0.1) is 6.54 Å². The minimum atomic E-state index is 0.762. The third-order valence-corrected chi connectivity index (χ3v) is 3.59. The van der Waals surface area contributed by atoms with E-state index in [2.05, 4.69) is 39.8 Å². The highest BCUT2D eigenvalue weighted by Crippen LogP contribution is 2.15. The summed E-state index contributed by atoms with van der Waals surface area (Å²) in [6, 6.07) is 1.92. The van der Waals surface area contributed by atoms with Crippen molar-refractivity contribution in [1.82, 2.24) is 15.0 Å². The second-order valence-electron chi connectivity index (χ2n) is 4.92. The van der Waals surface area contributed by atoms with Gasteiger partial charge in [-0.05, 0) is 33.3 Å². The van der Waals surface area contributed by atoms with Crippen LogP contribution in [0.15, 0.2) is 35.5 Å². The van der Waals surface area contributed by atoms with Gasteiger partial charge in [-0.25, -0.2) is 15.0 Å². The van der Waals surface area contributed by atoms with Crippen molar-refractivity contribution in [3.63, 3.8) is 0 Å². The van der Waals surface area contributed by atoms with Crippen LogP contribution in [0.2, 0.25) is 0 Å². The Bertz CT molecular complexity index is 559. The fourth-order valence-electron chi connectivity index (χ4n) is 1.84. The zero-order chi connectivity index (χ0) is 14.4. The third-order valence-electron chi connectivity index (χ3n) is 2.83. The molecule has 0 aliphatic carbocycles. The minimum Gasteiger partial charge on any atom is -0.334 e. The van der Waals surface area contributed by atoms with E-state index in [1.54, 1.807) is 11.3 Å². The molecule has 0 bridgehead atoms. The fourth-order valence-corrected chi connectivity index (χ4v) is 2.47. The molecule has 0 aromatic carbocycles. The molecule has 2 aromatic rings. The number of allylic oxidation sites excluding steroid dienone is 1. The van der Waals surface area contributed by atoms with Crippen molar-refractivity contribution in [2.45, 2.75) is 33.7 Å². The molecule has 0 N–H and O–H groups in total. The predicted octanol–water partition coefficient (Wildman–Crippen LogP) is 3.60. The van der Waals surface area contributed by atoms with Gasteiger partial charge in [0.15, 0.2) is 0 Å². The highest BCUT2D eigenvalue weighted by molar-refractivity contribution is 7.09. The molecule has 4 nitrogen and oxygen atoms in total. The molecule has 0 fully saturated rings. The molecule has 0 spiro atoms. The molecule has 0 atom stereocenters. The number of nitrogens with zero attached hydrogens (tertiary/aromatic N) is 4. The van der Waals surface area contributed by atoms with Crippen LogP contribution in [0.4, 0.5) is 5.95 Å². The summed E-state index contributed by atoms with van der Waals surface area (Å²) < 4.78 is 0. The lowest BCUT2D eigenvalue weighted by Gasteiger charge is -2.21. The average Bonchev–Trinajstić information content (AvgIpc) is 2.90. The normalized spacial score (nSPS) is 10.3. The van der Waals surface area contributed by atoms with Gasteiger partial charge >= 0.3 is 0 Å². The minimum absolute atomic E-state index is 0.762. The van der Waals surface area contributed by atoms with E-state index in [0.29, 0.717) is 0 Å². The lowest BCUT2D eigenvalue weighted by atomic mass is 10.2. The van der Waals surface area contributed by atoms with E-state index in [0.717, 1.165) is 36.2 Å². The molecule has 2 aromatic heterocycles. The lowest BCUT2D eigenvalue weighted by molar-refractivity contribution is 0.752. The first kappa shape index (κ1) is 14.7. The average molecular weight is 288 g/mol. The Kier molecular flexibility index (Phi) is 5.24. The standard InChI is InChI=1S/C15H20N4S/c1-12(2)5-4-9-19(11-14-16-8-10-20-14)15-17-7-6-13(3)18-15/h5-8,10H,4,9,11H2,1-3H3. The molecule has 2 rings (SSSR count). The number of hydrogen-bond acceptors (Lipinski definition) is 5. The summed E-state index contributed by atoms with van der Waals surface area (Å²) in [6.45, 7) is 7.89. The molecular weight excluding hydrogens is 268 g/mol. The summed E-state index contributed by atoms with van der Waals surface area (Å²) in [5.74, 6) is 0.780. The number of hydrogen-bond donors (Lipinski definition) is 0. The smallest absolute Gasteiger partial charge is 0.225 e. The molecule has 0 unspecified atom stereocenters. The topological polar surface area (TPSA) is 41.9 Å². The number of anilines is 1. The van der Waals surface area contributed by atoms with Gasteiger partial charge in [0.1, 0.15) is 5.01 Å². The van der Waals surface area contributed by atoms with Gasteiger partial charge in [-0.3, -0.25) is 0 Å². The number of aryl methyl sites for hydroxylation is 1. The van der Waals surface area contributed by atoms with Gasteiger partial charge in [0, 0.05) is 30.0 Å². The van der Waals surface area contributed by atoms with Gasteiger partial charge in [-0.1, -0.05) is 11.6 Å². The number of rotatable bonds is 6. The van der Waals surface area contributed by atoms with Crippen molar-refractivity contribution in [3.05, 3.63) is 46.2 Å². The van der Waals surface area contributed by atoms with Crippen LogP contribution in [-0.4, -0.2) is 21.5 Å². The van der Waals surface area contributed by atoms with Crippen molar-refractivity contribution in [2.24, 2.45) is 0 Å². The Balaban J connectivity index is 2.12. The largest absolute Gasteiger partial charge is 0.334 e.